The van der Waals surface area contributed by atoms with Gasteiger partial charge in [-0.3, -0.25) is 14.7 Å². The Labute approximate surface area is 193 Å². The highest BCUT2D eigenvalue weighted by molar-refractivity contribution is 5.78. The predicted molar refractivity (Wildman–Crippen MR) is 130 cm³/mol. The zero-order chi connectivity index (χ0) is 21.3. The van der Waals surface area contributed by atoms with E-state index in [1.165, 1.54) is 44.1 Å². The Hall–Kier alpha value is -2.40. The molecule has 1 aromatic carbocycles. The number of hydrogen-bond donors (Lipinski definition) is 0. The van der Waals surface area contributed by atoms with Crippen LogP contribution in [0.15, 0.2) is 48.7 Å². The molecule has 174 valence electrons. The van der Waals surface area contributed by atoms with E-state index in [9.17, 15) is 4.79 Å². The quantitative estimate of drug-likeness (QED) is 0.586. The number of nitrogens with zero attached hydrogens (tertiary/aromatic N) is 3. The summed E-state index contributed by atoms with van der Waals surface area (Å²) in [5.74, 6) is 2.01. The van der Waals surface area contributed by atoms with Crippen LogP contribution < -0.4 is 4.74 Å². The molecule has 2 fully saturated rings. The SMILES string of the molecule is C.O=C(Cc1ccccn1)N1CCN(Cc2cccc(OCCC3CCCCC3)c2)CC1. The van der Waals surface area contributed by atoms with Crippen molar-refractivity contribution in [1.82, 2.24) is 14.8 Å². The van der Waals surface area contributed by atoms with Gasteiger partial charge in [-0.2, -0.15) is 0 Å². The van der Waals surface area contributed by atoms with Crippen molar-refractivity contribution in [3.8, 4) is 5.75 Å². The first-order chi connectivity index (χ1) is 15.3. The fourth-order valence-corrected chi connectivity index (χ4v) is 4.74. The normalized spacial score (nSPS) is 17.6. The lowest BCUT2D eigenvalue weighted by Gasteiger charge is -2.34. The lowest BCUT2D eigenvalue weighted by molar-refractivity contribution is -0.132. The van der Waals surface area contributed by atoms with E-state index in [0.29, 0.717) is 6.42 Å². The summed E-state index contributed by atoms with van der Waals surface area (Å²) in [6, 6.07) is 14.2. The highest BCUT2D eigenvalue weighted by Gasteiger charge is 2.21. The molecule has 1 amide bonds. The maximum absolute atomic E-state index is 12.5. The van der Waals surface area contributed by atoms with E-state index >= 15 is 0 Å². The molecule has 0 spiro atoms. The van der Waals surface area contributed by atoms with E-state index in [1.807, 2.05) is 23.1 Å². The Morgan fingerprint density at radius 3 is 2.56 bits per heavy atom. The predicted octanol–water partition coefficient (Wildman–Crippen LogP) is 4.95. The van der Waals surface area contributed by atoms with Gasteiger partial charge in [-0.05, 0) is 42.2 Å². The molecule has 2 aliphatic rings. The number of carbonyl (C=O) groups is 1. The first-order valence-electron chi connectivity index (χ1n) is 11.9. The molecule has 5 nitrogen and oxygen atoms in total. The minimum atomic E-state index is 0. The second kappa shape index (κ2) is 12.6. The topological polar surface area (TPSA) is 45.7 Å². The largest absolute Gasteiger partial charge is 0.494 e. The van der Waals surface area contributed by atoms with Gasteiger partial charge in [-0.25, -0.2) is 0 Å². The average Bonchev–Trinajstić information content (AvgIpc) is 2.81. The van der Waals surface area contributed by atoms with Crippen LogP contribution in [0.3, 0.4) is 0 Å². The van der Waals surface area contributed by atoms with Gasteiger partial charge in [0.1, 0.15) is 5.75 Å². The average molecular weight is 438 g/mol. The van der Waals surface area contributed by atoms with E-state index in [1.54, 1.807) is 6.20 Å². The van der Waals surface area contributed by atoms with Crippen molar-refractivity contribution in [2.75, 3.05) is 32.8 Å². The van der Waals surface area contributed by atoms with Gasteiger partial charge in [0.15, 0.2) is 0 Å². The Kier molecular flexibility index (Phi) is 9.54. The molecular weight excluding hydrogens is 398 g/mol. The summed E-state index contributed by atoms with van der Waals surface area (Å²) in [6.07, 6.45) is 10.3. The van der Waals surface area contributed by atoms with Crippen molar-refractivity contribution in [2.24, 2.45) is 5.92 Å². The first-order valence-corrected chi connectivity index (χ1v) is 11.9. The van der Waals surface area contributed by atoms with E-state index in [4.69, 9.17) is 4.74 Å². The van der Waals surface area contributed by atoms with Crippen LogP contribution in [-0.2, 0) is 17.8 Å². The standard InChI is InChI=1S/C26H35N3O2.CH4/c30-26(20-24-10-4-5-13-27-24)29-16-14-28(15-17-29)21-23-9-6-11-25(19-23)31-18-12-22-7-2-1-3-8-22;/h4-6,9-11,13,19,22H,1-3,7-8,12,14-18,20-21H2;1H4. The van der Waals surface area contributed by atoms with Gasteiger partial charge in [0.05, 0.1) is 13.0 Å². The van der Waals surface area contributed by atoms with Gasteiger partial charge < -0.3 is 9.64 Å². The number of ether oxygens (including phenoxy) is 1. The summed E-state index contributed by atoms with van der Waals surface area (Å²) < 4.78 is 6.07. The molecule has 0 unspecified atom stereocenters. The van der Waals surface area contributed by atoms with Crippen molar-refractivity contribution < 1.29 is 9.53 Å². The van der Waals surface area contributed by atoms with Crippen LogP contribution in [0.25, 0.3) is 0 Å². The monoisotopic (exact) mass is 437 g/mol. The fraction of sp³-hybridized carbons (Fsp3) is 0.556. The van der Waals surface area contributed by atoms with Crippen LogP contribution in [-0.4, -0.2) is 53.5 Å². The molecule has 0 N–H and O–H groups in total. The van der Waals surface area contributed by atoms with Crippen LogP contribution in [0.4, 0.5) is 0 Å². The van der Waals surface area contributed by atoms with E-state index in [0.717, 1.165) is 56.7 Å². The van der Waals surface area contributed by atoms with Crippen LogP contribution in [0, 0.1) is 5.92 Å². The molecule has 0 radical (unpaired) electrons. The molecule has 4 rings (SSSR count). The van der Waals surface area contributed by atoms with Gasteiger partial charge >= 0.3 is 0 Å². The third-order valence-corrected chi connectivity index (χ3v) is 6.61. The molecule has 1 aromatic heterocycles. The van der Waals surface area contributed by atoms with Crippen molar-refractivity contribution >= 4 is 5.91 Å². The third kappa shape index (κ3) is 7.33. The van der Waals surface area contributed by atoms with Crippen molar-refractivity contribution in [3.63, 3.8) is 0 Å². The van der Waals surface area contributed by atoms with Crippen LogP contribution in [0.2, 0.25) is 0 Å². The van der Waals surface area contributed by atoms with Crippen LogP contribution >= 0.6 is 0 Å². The molecular formula is C27H39N3O2. The summed E-state index contributed by atoms with van der Waals surface area (Å²) in [7, 11) is 0. The minimum absolute atomic E-state index is 0. The summed E-state index contributed by atoms with van der Waals surface area (Å²) >= 11 is 0. The highest BCUT2D eigenvalue weighted by Crippen LogP contribution is 2.26. The van der Waals surface area contributed by atoms with Crippen LogP contribution in [0.1, 0.15) is 57.2 Å². The van der Waals surface area contributed by atoms with Gasteiger partial charge in [0.25, 0.3) is 0 Å². The van der Waals surface area contributed by atoms with Gasteiger partial charge in [-0.15, -0.1) is 0 Å². The minimum Gasteiger partial charge on any atom is -0.494 e. The number of carbonyl (C=O) groups excluding carboxylic acids is 1. The molecule has 2 aromatic rings. The number of aromatic nitrogens is 1. The number of piperazine rings is 1. The fourth-order valence-electron chi connectivity index (χ4n) is 4.74. The molecule has 5 heteroatoms. The maximum Gasteiger partial charge on any atom is 0.228 e. The summed E-state index contributed by atoms with van der Waals surface area (Å²) in [6.45, 7) is 5.10. The lowest BCUT2D eigenvalue weighted by Crippen LogP contribution is -2.48. The first kappa shape index (κ1) is 24.2. The van der Waals surface area contributed by atoms with E-state index in [2.05, 4.69) is 34.1 Å². The van der Waals surface area contributed by atoms with E-state index in [-0.39, 0.29) is 13.3 Å². The van der Waals surface area contributed by atoms with Crippen molar-refractivity contribution in [2.45, 2.75) is 58.9 Å². The molecule has 1 saturated heterocycles. The smallest absolute Gasteiger partial charge is 0.228 e. The number of rotatable bonds is 8. The number of benzene rings is 1. The zero-order valence-electron chi connectivity index (χ0n) is 18.5. The maximum atomic E-state index is 12.5. The molecule has 0 bridgehead atoms. The Morgan fingerprint density at radius 1 is 1.00 bits per heavy atom. The summed E-state index contributed by atoms with van der Waals surface area (Å²) in [5, 5.41) is 0. The summed E-state index contributed by atoms with van der Waals surface area (Å²) in [5.41, 5.74) is 2.12. The Balaban J connectivity index is 0.00000289. The molecule has 2 heterocycles. The third-order valence-electron chi connectivity index (χ3n) is 6.61. The molecule has 1 aliphatic heterocycles. The second-order valence-corrected chi connectivity index (χ2v) is 8.94. The Morgan fingerprint density at radius 2 is 1.81 bits per heavy atom. The molecule has 0 atom stereocenters. The molecule has 1 aliphatic carbocycles. The number of amides is 1. The van der Waals surface area contributed by atoms with Crippen LogP contribution in [0.5, 0.6) is 5.75 Å². The highest BCUT2D eigenvalue weighted by atomic mass is 16.5. The van der Waals surface area contributed by atoms with E-state index < -0.39 is 0 Å². The second-order valence-electron chi connectivity index (χ2n) is 8.94. The number of pyridine rings is 1. The van der Waals surface area contributed by atoms with Gasteiger partial charge in [0, 0.05) is 44.6 Å². The zero-order valence-corrected chi connectivity index (χ0v) is 18.5. The number of hydrogen-bond acceptors (Lipinski definition) is 4. The summed E-state index contributed by atoms with van der Waals surface area (Å²) in [4.78, 5) is 21.2. The van der Waals surface area contributed by atoms with Crippen molar-refractivity contribution in [3.05, 3.63) is 59.9 Å². The van der Waals surface area contributed by atoms with Gasteiger partial charge in [-0.1, -0.05) is 57.7 Å². The molecule has 32 heavy (non-hydrogen) atoms. The molecule has 1 saturated carbocycles. The lowest BCUT2D eigenvalue weighted by atomic mass is 9.87. The van der Waals surface area contributed by atoms with Crippen molar-refractivity contribution in [1.29, 1.82) is 0 Å². The Bertz CT molecular complexity index is 813. The van der Waals surface area contributed by atoms with Gasteiger partial charge in [0.2, 0.25) is 5.91 Å².